The van der Waals surface area contributed by atoms with E-state index in [2.05, 4.69) is 9.72 Å². The highest BCUT2D eigenvalue weighted by Gasteiger charge is 2.19. The van der Waals surface area contributed by atoms with Crippen LogP contribution < -0.4 is 0 Å². The van der Waals surface area contributed by atoms with Gasteiger partial charge in [-0.2, -0.15) is 0 Å². The van der Waals surface area contributed by atoms with Gasteiger partial charge in [-0.1, -0.05) is 0 Å². The smallest absolute Gasteiger partial charge is 0.356 e. The third-order valence-corrected chi connectivity index (χ3v) is 2.53. The molecule has 1 heterocycles. The predicted octanol–water partition coefficient (Wildman–Crippen LogP) is 1.39. The Hall–Kier alpha value is -1.71. The van der Waals surface area contributed by atoms with Crippen LogP contribution in [0.5, 0.6) is 0 Å². The van der Waals surface area contributed by atoms with E-state index in [-0.39, 0.29) is 11.5 Å². The second kappa shape index (κ2) is 3.81. The lowest BCUT2D eigenvalue weighted by Gasteiger charge is -2.14. The van der Waals surface area contributed by atoms with Crippen LogP contribution >= 0.6 is 0 Å². The molecule has 0 N–H and O–H groups in total. The zero-order valence-corrected chi connectivity index (χ0v) is 8.45. The van der Waals surface area contributed by atoms with Crippen molar-refractivity contribution in [1.82, 2.24) is 4.98 Å². The molecule has 78 valence electrons. The molecule has 0 saturated heterocycles. The molecule has 4 heteroatoms. The van der Waals surface area contributed by atoms with Gasteiger partial charge in [-0.05, 0) is 24.5 Å². The van der Waals surface area contributed by atoms with Crippen LogP contribution in [0.15, 0.2) is 12.3 Å². The summed E-state index contributed by atoms with van der Waals surface area (Å²) in [6, 6.07) is 1.65. The number of pyridine rings is 1. The second-order valence-corrected chi connectivity index (χ2v) is 3.50. The minimum atomic E-state index is -0.462. The Balaban J connectivity index is 2.41. The van der Waals surface area contributed by atoms with E-state index in [1.54, 1.807) is 6.07 Å². The molecule has 4 nitrogen and oxygen atoms in total. The van der Waals surface area contributed by atoms with E-state index < -0.39 is 5.97 Å². The lowest BCUT2D eigenvalue weighted by atomic mass is 9.92. The average molecular weight is 205 g/mol. The quantitative estimate of drug-likeness (QED) is 0.650. The zero-order valence-electron chi connectivity index (χ0n) is 8.45. The molecule has 0 aliphatic heterocycles. The summed E-state index contributed by atoms with van der Waals surface area (Å²) < 4.78 is 4.57. The molecule has 0 unspecified atom stereocenters. The maximum atomic E-state index is 11.5. The number of nitrogens with zero attached hydrogens (tertiary/aromatic N) is 1. The number of hydrogen-bond donors (Lipinski definition) is 0. The molecule has 0 bridgehead atoms. The number of fused-ring (bicyclic) bond motifs is 1. The predicted molar refractivity (Wildman–Crippen MR) is 52.8 cm³/mol. The van der Waals surface area contributed by atoms with E-state index in [1.807, 2.05) is 0 Å². The number of carbonyl (C=O) groups excluding carboxylic acids is 2. The van der Waals surface area contributed by atoms with Gasteiger partial charge in [0.05, 0.1) is 7.11 Å². The number of ketones is 1. The first-order valence-electron chi connectivity index (χ1n) is 4.83. The van der Waals surface area contributed by atoms with Crippen molar-refractivity contribution in [2.24, 2.45) is 0 Å². The molecule has 0 aromatic carbocycles. The van der Waals surface area contributed by atoms with Gasteiger partial charge < -0.3 is 4.74 Å². The summed E-state index contributed by atoms with van der Waals surface area (Å²) in [5.41, 5.74) is 1.82. The van der Waals surface area contributed by atoms with Gasteiger partial charge in [0, 0.05) is 18.2 Å². The molecule has 0 saturated carbocycles. The van der Waals surface area contributed by atoms with Crippen molar-refractivity contribution in [3.63, 3.8) is 0 Å². The third kappa shape index (κ3) is 1.75. The molecule has 0 fully saturated rings. The fourth-order valence-electron chi connectivity index (χ4n) is 1.75. The average Bonchev–Trinajstić information content (AvgIpc) is 2.28. The van der Waals surface area contributed by atoms with Crippen molar-refractivity contribution in [3.05, 3.63) is 29.1 Å². The van der Waals surface area contributed by atoms with Gasteiger partial charge in [-0.15, -0.1) is 0 Å². The molecule has 2 rings (SSSR count). The normalized spacial score (nSPS) is 14.6. The van der Waals surface area contributed by atoms with Crippen LogP contribution in [0.3, 0.4) is 0 Å². The fraction of sp³-hybridized carbons (Fsp3) is 0.364. The summed E-state index contributed by atoms with van der Waals surface area (Å²) in [7, 11) is 1.31. The largest absolute Gasteiger partial charge is 0.464 e. The first-order valence-corrected chi connectivity index (χ1v) is 4.83. The van der Waals surface area contributed by atoms with Crippen LogP contribution in [0, 0.1) is 0 Å². The number of rotatable bonds is 1. The Morgan fingerprint density at radius 3 is 3.00 bits per heavy atom. The molecule has 0 atom stereocenters. The summed E-state index contributed by atoms with van der Waals surface area (Å²) in [6.45, 7) is 0. The van der Waals surface area contributed by atoms with Crippen LogP contribution in [-0.4, -0.2) is 23.8 Å². The van der Waals surface area contributed by atoms with Crippen molar-refractivity contribution >= 4 is 11.8 Å². The number of aryl methyl sites for hydroxylation is 1. The summed E-state index contributed by atoms with van der Waals surface area (Å²) in [6.07, 6.45) is 3.72. The van der Waals surface area contributed by atoms with Crippen LogP contribution in [-0.2, 0) is 11.2 Å². The van der Waals surface area contributed by atoms with E-state index >= 15 is 0 Å². The highest BCUT2D eigenvalue weighted by molar-refractivity contribution is 5.99. The lowest BCUT2D eigenvalue weighted by molar-refractivity contribution is 0.0593. The summed E-state index contributed by atoms with van der Waals surface area (Å²) in [5.74, 6) is -0.351. The molecule has 1 aliphatic carbocycles. The number of methoxy groups -OCH3 is 1. The van der Waals surface area contributed by atoms with E-state index in [0.717, 1.165) is 18.4 Å². The van der Waals surface area contributed by atoms with Crippen LogP contribution in [0.2, 0.25) is 0 Å². The Morgan fingerprint density at radius 1 is 1.47 bits per heavy atom. The van der Waals surface area contributed by atoms with Crippen molar-refractivity contribution in [3.8, 4) is 0 Å². The Labute approximate surface area is 87.3 Å². The number of hydrogen-bond acceptors (Lipinski definition) is 4. The Bertz CT molecular complexity index is 426. The highest BCUT2D eigenvalue weighted by atomic mass is 16.5. The van der Waals surface area contributed by atoms with Gasteiger partial charge in [0.25, 0.3) is 0 Å². The zero-order chi connectivity index (χ0) is 10.8. The van der Waals surface area contributed by atoms with Gasteiger partial charge in [-0.25, -0.2) is 9.78 Å². The van der Waals surface area contributed by atoms with Gasteiger partial charge in [-0.3, -0.25) is 4.79 Å². The van der Waals surface area contributed by atoms with Crippen molar-refractivity contribution in [2.45, 2.75) is 19.3 Å². The Morgan fingerprint density at radius 2 is 2.27 bits per heavy atom. The van der Waals surface area contributed by atoms with Crippen LogP contribution in [0.4, 0.5) is 0 Å². The van der Waals surface area contributed by atoms with Crippen molar-refractivity contribution < 1.29 is 14.3 Å². The van der Waals surface area contributed by atoms with Crippen molar-refractivity contribution in [1.29, 1.82) is 0 Å². The monoisotopic (exact) mass is 205 g/mol. The number of esters is 1. The third-order valence-electron chi connectivity index (χ3n) is 2.53. The minimum Gasteiger partial charge on any atom is -0.464 e. The molecule has 1 aliphatic rings. The first-order chi connectivity index (χ1) is 7.22. The second-order valence-electron chi connectivity index (χ2n) is 3.50. The van der Waals surface area contributed by atoms with Gasteiger partial charge in [0.2, 0.25) is 0 Å². The lowest BCUT2D eigenvalue weighted by Crippen LogP contribution is -2.14. The van der Waals surface area contributed by atoms with E-state index in [1.165, 1.54) is 13.3 Å². The molecule has 15 heavy (non-hydrogen) atoms. The van der Waals surface area contributed by atoms with Gasteiger partial charge in [0.1, 0.15) is 5.69 Å². The molecular formula is C11H11NO3. The maximum Gasteiger partial charge on any atom is 0.356 e. The molecule has 0 radical (unpaired) electrons. The van der Waals surface area contributed by atoms with Crippen molar-refractivity contribution in [2.75, 3.05) is 7.11 Å². The maximum absolute atomic E-state index is 11.5. The van der Waals surface area contributed by atoms with Gasteiger partial charge in [0.15, 0.2) is 5.78 Å². The summed E-state index contributed by atoms with van der Waals surface area (Å²) in [4.78, 5) is 26.6. The highest BCUT2D eigenvalue weighted by Crippen LogP contribution is 2.21. The Kier molecular flexibility index (Phi) is 2.49. The van der Waals surface area contributed by atoms with E-state index in [9.17, 15) is 9.59 Å². The number of Topliss-reactive ketones (excluding diaryl/α,β-unsaturated/α-hetero) is 1. The minimum absolute atomic E-state index is 0.111. The van der Waals surface area contributed by atoms with E-state index in [0.29, 0.717) is 12.0 Å². The van der Waals surface area contributed by atoms with Crippen LogP contribution in [0.25, 0.3) is 0 Å². The van der Waals surface area contributed by atoms with Crippen LogP contribution in [0.1, 0.15) is 39.3 Å². The fourth-order valence-corrected chi connectivity index (χ4v) is 1.75. The topological polar surface area (TPSA) is 56.3 Å². The summed E-state index contributed by atoms with van der Waals surface area (Å²) in [5, 5.41) is 0. The molecule has 1 aromatic heterocycles. The number of carbonyl (C=O) groups is 2. The molecule has 1 aromatic rings. The SMILES string of the molecule is COC(=O)c1cc2c(cn1)C(=O)CCC2. The van der Waals surface area contributed by atoms with Gasteiger partial charge >= 0.3 is 5.97 Å². The number of aromatic nitrogens is 1. The molecular weight excluding hydrogens is 194 g/mol. The van der Waals surface area contributed by atoms with E-state index in [4.69, 9.17) is 0 Å². The molecule has 0 amide bonds. The first kappa shape index (κ1) is 9.83. The molecule has 0 spiro atoms. The standard InChI is InChI=1S/C11H11NO3/c1-15-11(14)9-5-7-3-2-4-10(13)8(7)6-12-9/h5-6H,2-4H2,1H3. The summed E-state index contributed by atoms with van der Waals surface area (Å²) >= 11 is 0. The number of ether oxygens (including phenoxy) is 1.